The summed E-state index contributed by atoms with van der Waals surface area (Å²) < 4.78 is 6.95. The quantitative estimate of drug-likeness (QED) is 0.410. The third kappa shape index (κ3) is 2.10. The number of imidazole rings is 1. The molecule has 2 fully saturated rings. The topological polar surface area (TPSA) is 187 Å². The molecule has 0 radical (unpaired) electrons. The molecule has 1 aliphatic heterocycles. The van der Waals surface area contributed by atoms with Gasteiger partial charge in [0, 0.05) is 12.0 Å². The molecular formula is C17H20N6O6. The zero-order valence-electron chi connectivity index (χ0n) is 15.9. The van der Waals surface area contributed by atoms with Crippen molar-refractivity contribution in [1.29, 1.82) is 5.26 Å². The van der Waals surface area contributed by atoms with Crippen molar-refractivity contribution in [2.24, 2.45) is 5.41 Å². The predicted octanol–water partition coefficient (Wildman–Crippen LogP) is -1.03. The molecule has 0 aromatic carbocycles. The first-order valence-electron chi connectivity index (χ1n) is 8.95. The number of carbonyl (C=O) groups is 1. The van der Waals surface area contributed by atoms with Crippen molar-refractivity contribution in [3.63, 3.8) is 0 Å². The molecule has 2 aliphatic rings. The summed E-state index contributed by atoms with van der Waals surface area (Å²) in [4.78, 5) is 23.8. The van der Waals surface area contributed by atoms with Crippen LogP contribution in [0.1, 0.15) is 32.8 Å². The number of nitriles is 1. The number of carboxylic acids is 1. The van der Waals surface area contributed by atoms with Crippen LogP contribution in [-0.4, -0.2) is 75.9 Å². The first kappa shape index (κ1) is 19.5. The normalized spacial score (nSPS) is 33.1. The van der Waals surface area contributed by atoms with Crippen molar-refractivity contribution in [2.45, 2.75) is 50.4 Å². The Bertz CT molecular complexity index is 1060. The molecule has 3 heterocycles. The number of aliphatic hydroxyl groups is 3. The van der Waals surface area contributed by atoms with E-state index in [9.17, 15) is 30.5 Å². The lowest BCUT2D eigenvalue weighted by atomic mass is 9.97. The lowest BCUT2D eigenvalue weighted by Crippen LogP contribution is -2.46. The minimum Gasteiger partial charge on any atom is -0.479 e. The maximum absolute atomic E-state index is 11.3. The highest BCUT2D eigenvalue weighted by Gasteiger charge is 2.93. The van der Waals surface area contributed by atoms with Crippen LogP contribution in [0, 0.1) is 16.7 Å². The van der Waals surface area contributed by atoms with Gasteiger partial charge in [-0.3, -0.25) is 4.57 Å². The number of aliphatic hydroxyl groups excluding tert-OH is 1. The Morgan fingerprint density at radius 3 is 2.69 bits per heavy atom. The standard InChI is InChI=1S/C17H20N6O6/c1-4-19-11-8-12(22-7(5-18)21-11)23(6-20-8)14-17(28)15(2,3)16(17,27)10(29-14)9(24)13(25)26/h6,9-10,14,24,27-28H,4H2,1-3H3,(H,25,26)(H,19,21,22)/t9?,10-,14-,16+,17-/m1/s1. The average molecular weight is 404 g/mol. The van der Waals surface area contributed by atoms with Gasteiger partial charge in [0.25, 0.3) is 0 Å². The summed E-state index contributed by atoms with van der Waals surface area (Å²) in [6, 6.07) is 1.85. The highest BCUT2D eigenvalue weighted by molar-refractivity contribution is 5.83. The van der Waals surface area contributed by atoms with Crippen LogP contribution in [0.5, 0.6) is 0 Å². The summed E-state index contributed by atoms with van der Waals surface area (Å²) in [6.07, 6.45) is -3.65. The van der Waals surface area contributed by atoms with Gasteiger partial charge < -0.3 is 30.5 Å². The Labute approximate surface area is 164 Å². The number of nitrogens with zero attached hydrogens (tertiary/aromatic N) is 5. The molecule has 29 heavy (non-hydrogen) atoms. The number of fused-ring (bicyclic) bond motifs is 2. The summed E-state index contributed by atoms with van der Waals surface area (Å²) in [5, 5.41) is 53.9. The summed E-state index contributed by atoms with van der Waals surface area (Å²) in [5.41, 5.74) is -4.68. The van der Waals surface area contributed by atoms with Crippen LogP contribution in [-0.2, 0) is 9.53 Å². The van der Waals surface area contributed by atoms with E-state index in [1.807, 2.05) is 13.0 Å². The van der Waals surface area contributed by atoms with E-state index in [0.29, 0.717) is 17.9 Å². The predicted molar refractivity (Wildman–Crippen MR) is 95.4 cm³/mol. The number of ether oxygens (including phenoxy) is 1. The lowest BCUT2D eigenvalue weighted by molar-refractivity contribution is -0.174. The van der Waals surface area contributed by atoms with Crippen molar-refractivity contribution in [3.8, 4) is 6.07 Å². The number of carboxylic acid groups (broad SMARTS) is 1. The van der Waals surface area contributed by atoms with Gasteiger partial charge in [0.1, 0.15) is 23.4 Å². The van der Waals surface area contributed by atoms with Gasteiger partial charge in [-0.2, -0.15) is 15.2 Å². The number of hydrogen-bond donors (Lipinski definition) is 5. The van der Waals surface area contributed by atoms with Crippen molar-refractivity contribution >= 4 is 23.0 Å². The van der Waals surface area contributed by atoms with E-state index >= 15 is 0 Å². The maximum Gasteiger partial charge on any atom is 0.335 e. The van der Waals surface area contributed by atoms with Gasteiger partial charge in [0.2, 0.25) is 5.82 Å². The molecule has 0 bridgehead atoms. The molecule has 2 aromatic heterocycles. The molecule has 1 aliphatic carbocycles. The molecule has 5 atom stereocenters. The molecule has 1 saturated carbocycles. The molecule has 0 amide bonds. The molecule has 1 saturated heterocycles. The Balaban J connectivity index is 1.88. The van der Waals surface area contributed by atoms with Crippen molar-refractivity contribution in [1.82, 2.24) is 19.5 Å². The van der Waals surface area contributed by atoms with E-state index in [0.717, 1.165) is 0 Å². The highest BCUT2D eigenvalue weighted by atomic mass is 16.6. The maximum atomic E-state index is 11.3. The number of aromatic nitrogens is 4. The van der Waals surface area contributed by atoms with Gasteiger partial charge in [-0.1, -0.05) is 13.8 Å². The van der Waals surface area contributed by atoms with Gasteiger partial charge in [-0.05, 0) is 6.92 Å². The van der Waals surface area contributed by atoms with Gasteiger partial charge in [0.05, 0.1) is 6.33 Å². The van der Waals surface area contributed by atoms with E-state index in [4.69, 9.17) is 4.74 Å². The average Bonchev–Trinajstić information content (AvgIpc) is 3.04. The van der Waals surface area contributed by atoms with E-state index in [-0.39, 0.29) is 11.5 Å². The zero-order chi connectivity index (χ0) is 21.4. The minimum atomic E-state index is -2.06. The summed E-state index contributed by atoms with van der Waals surface area (Å²) in [5.74, 6) is -1.43. The molecule has 12 nitrogen and oxygen atoms in total. The van der Waals surface area contributed by atoms with Crippen LogP contribution in [0.3, 0.4) is 0 Å². The third-order valence-electron chi connectivity index (χ3n) is 6.13. The van der Waals surface area contributed by atoms with Crippen LogP contribution in [0.25, 0.3) is 11.2 Å². The smallest absolute Gasteiger partial charge is 0.335 e. The Hall–Kier alpha value is -2.85. The fourth-order valence-electron chi connectivity index (χ4n) is 4.43. The van der Waals surface area contributed by atoms with E-state index in [2.05, 4.69) is 20.3 Å². The Morgan fingerprint density at radius 1 is 1.41 bits per heavy atom. The van der Waals surface area contributed by atoms with Crippen molar-refractivity contribution < 1.29 is 30.0 Å². The molecule has 0 spiro atoms. The summed E-state index contributed by atoms with van der Waals surface area (Å²) >= 11 is 0. The molecule has 5 N–H and O–H groups in total. The molecule has 12 heteroatoms. The Morgan fingerprint density at radius 2 is 2.10 bits per heavy atom. The molecule has 2 aromatic rings. The Kier molecular flexibility index (Phi) is 3.91. The van der Waals surface area contributed by atoms with Crippen LogP contribution < -0.4 is 5.32 Å². The molecule has 1 unspecified atom stereocenters. The van der Waals surface area contributed by atoms with Crippen LogP contribution in [0.15, 0.2) is 6.33 Å². The number of rotatable bonds is 5. The molecule has 154 valence electrons. The fourth-order valence-corrected chi connectivity index (χ4v) is 4.43. The van der Waals surface area contributed by atoms with Gasteiger partial charge in [0.15, 0.2) is 29.3 Å². The SMILES string of the molecule is CCNc1nc(C#N)nc2c1ncn2[C@@H]1O[C@H](C(O)C(=O)O)[C@]2(O)C(C)(C)[C@]12O. The molecular weight excluding hydrogens is 384 g/mol. The van der Waals surface area contributed by atoms with Crippen molar-refractivity contribution in [3.05, 3.63) is 12.2 Å². The minimum absolute atomic E-state index is 0.146. The van der Waals surface area contributed by atoms with Gasteiger partial charge in [-0.25, -0.2) is 9.78 Å². The first-order chi connectivity index (χ1) is 13.6. The third-order valence-corrected chi connectivity index (χ3v) is 6.13. The van der Waals surface area contributed by atoms with E-state index in [1.54, 1.807) is 13.8 Å². The first-order valence-corrected chi connectivity index (χ1v) is 8.95. The monoisotopic (exact) mass is 404 g/mol. The zero-order valence-corrected chi connectivity index (χ0v) is 15.9. The second kappa shape index (κ2) is 5.83. The fraction of sp³-hybridized carbons (Fsp3) is 0.588. The van der Waals surface area contributed by atoms with Gasteiger partial charge in [-0.15, -0.1) is 0 Å². The number of anilines is 1. The second-order valence-electron chi connectivity index (χ2n) is 7.71. The van der Waals surface area contributed by atoms with E-state index in [1.165, 1.54) is 10.9 Å². The lowest BCUT2D eigenvalue weighted by Gasteiger charge is -2.28. The summed E-state index contributed by atoms with van der Waals surface area (Å²) in [7, 11) is 0. The summed E-state index contributed by atoms with van der Waals surface area (Å²) in [6.45, 7) is 5.43. The largest absolute Gasteiger partial charge is 0.479 e. The second-order valence-corrected chi connectivity index (χ2v) is 7.71. The number of hydrogen-bond acceptors (Lipinski definition) is 10. The van der Waals surface area contributed by atoms with Gasteiger partial charge >= 0.3 is 5.97 Å². The van der Waals surface area contributed by atoms with E-state index < -0.39 is 41.0 Å². The van der Waals surface area contributed by atoms with Crippen molar-refractivity contribution in [2.75, 3.05) is 11.9 Å². The number of aliphatic carboxylic acids is 1. The highest BCUT2D eigenvalue weighted by Crippen LogP contribution is 2.75. The van der Waals surface area contributed by atoms with Crippen LogP contribution in [0.2, 0.25) is 0 Å². The van der Waals surface area contributed by atoms with Crippen LogP contribution in [0.4, 0.5) is 5.82 Å². The molecule has 4 rings (SSSR count). The number of nitrogens with one attached hydrogen (secondary N) is 1. The van der Waals surface area contributed by atoms with Crippen LogP contribution >= 0.6 is 0 Å².